The topological polar surface area (TPSA) is 20.2 Å². The Hall–Kier alpha value is -0.300. The maximum Gasteiger partial charge on any atom is 0.0750 e. The molecule has 0 aromatic rings. The molecule has 0 spiro atoms. The minimum atomic E-state index is -0.196. The molecule has 0 heterocycles. The average Bonchev–Trinajstić information content (AvgIpc) is 1.83. The molecule has 2 atom stereocenters. The summed E-state index contributed by atoms with van der Waals surface area (Å²) < 4.78 is 0. The van der Waals surface area contributed by atoms with Crippen molar-refractivity contribution in [1.82, 2.24) is 0 Å². The Morgan fingerprint density at radius 3 is 2.55 bits per heavy atom. The van der Waals surface area contributed by atoms with E-state index < -0.39 is 0 Å². The zero-order valence-electron chi connectivity index (χ0n) is 7.89. The Bertz CT molecular complexity index is 179. The molecule has 11 heavy (non-hydrogen) atoms. The standard InChI is InChI=1S/C10H18O/c1-7-6-10(3,4)8(2)5-9(7)11/h6,8-9,11H,5H2,1-4H3. The van der Waals surface area contributed by atoms with Crippen LogP contribution in [-0.4, -0.2) is 11.2 Å². The smallest absolute Gasteiger partial charge is 0.0750 e. The largest absolute Gasteiger partial charge is 0.389 e. The Kier molecular flexibility index (Phi) is 2.10. The molecule has 0 aromatic carbocycles. The summed E-state index contributed by atoms with van der Waals surface area (Å²) in [6.07, 6.45) is 2.92. The Balaban J connectivity index is 2.87. The molecule has 64 valence electrons. The number of hydrogen-bond donors (Lipinski definition) is 1. The van der Waals surface area contributed by atoms with E-state index in [-0.39, 0.29) is 11.5 Å². The van der Waals surface area contributed by atoms with Gasteiger partial charge in [0.1, 0.15) is 0 Å². The molecule has 1 heteroatoms. The Morgan fingerprint density at radius 2 is 2.09 bits per heavy atom. The monoisotopic (exact) mass is 154 g/mol. The molecule has 1 nitrogen and oxygen atoms in total. The fourth-order valence-electron chi connectivity index (χ4n) is 1.65. The summed E-state index contributed by atoms with van der Waals surface area (Å²) in [5.41, 5.74) is 1.40. The molecule has 0 fully saturated rings. The first-order valence-electron chi connectivity index (χ1n) is 4.31. The van der Waals surface area contributed by atoms with Gasteiger partial charge in [0.05, 0.1) is 6.10 Å². The van der Waals surface area contributed by atoms with Crippen LogP contribution < -0.4 is 0 Å². The third-order valence-electron chi connectivity index (χ3n) is 2.97. The number of hydrogen-bond acceptors (Lipinski definition) is 1. The lowest BCUT2D eigenvalue weighted by Gasteiger charge is -2.36. The molecule has 1 N–H and O–H groups in total. The van der Waals surface area contributed by atoms with Gasteiger partial charge in [0.25, 0.3) is 0 Å². The fourth-order valence-corrected chi connectivity index (χ4v) is 1.65. The van der Waals surface area contributed by atoms with Crippen molar-refractivity contribution in [2.45, 2.75) is 40.2 Å². The van der Waals surface area contributed by atoms with Gasteiger partial charge in [-0.1, -0.05) is 26.8 Å². The molecule has 0 amide bonds. The molecule has 2 unspecified atom stereocenters. The van der Waals surface area contributed by atoms with Crippen molar-refractivity contribution in [3.63, 3.8) is 0 Å². The maximum atomic E-state index is 9.51. The van der Waals surface area contributed by atoms with Crippen LogP contribution in [0.3, 0.4) is 0 Å². The predicted octanol–water partition coefficient (Wildman–Crippen LogP) is 2.36. The van der Waals surface area contributed by atoms with Gasteiger partial charge >= 0.3 is 0 Å². The van der Waals surface area contributed by atoms with E-state index in [1.165, 1.54) is 0 Å². The van der Waals surface area contributed by atoms with Crippen LogP contribution in [0.4, 0.5) is 0 Å². The lowest BCUT2D eigenvalue weighted by molar-refractivity contribution is 0.127. The van der Waals surface area contributed by atoms with Gasteiger partial charge in [-0.3, -0.25) is 0 Å². The molecular formula is C10H18O. The van der Waals surface area contributed by atoms with E-state index in [9.17, 15) is 5.11 Å². The number of allylic oxidation sites excluding steroid dienone is 1. The quantitative estimate of drug-likeness (QED) is 0.531. The predicted molar refractivity (Wildman–Crippen MR) is 47.3 cm³/mol. The van der Waals surface area contributed by atoms with Crippen LogP contribution in [0.15, 0.2) is 11.6 Å². The average molecular weight is 154 g/mol. The first kappa shape index (κ1) is 8.79. The minimum Gasteiger partial charge on any atom is -0.389 e. The lowest BCUT2D eigenvalue weighted by Crippen LogP contribution is -2.30. The fraction of sp³-hybridized carbons (Fsp3) is 0.800. The van der Waals surface area contributed by atoms with Crippen molar-refractivity contribution in [3.8, 4) is 0 Å². The van der Waals surface area contributed by atoms with Crippen molar-refractivity contribution >= 4 is 0 Å². The van der Waals surface area contributed by atoms with Crippen LogP contribution in [0.1, 0.15) is 34.1 Å². The van der Waals surface area contributed by atoms with E-state index in [0.717, 1.165) is 12.0 Å². The van der Waals surface area contributed by atoms with E-state index in [4.69, 9.17) is 0 Å². The summed E-state index contributed by atoms with van der Waals surface area (Å²) >= 11 is 0. The lowest BCUT2D eigenvalue weighted by atomic mass is 9.71. The van der Waals surface area contributed by atoms with Crippen LogP contribution in [0.5, 0.6) is 0 Å². The SMILES string of the molecule is CC1=CC(C)(C)C(C)CC1O. The highest BCUT2D eigenvalue weighted by Crippen LogP contribution is 2.38. The zero-order valence-corrected chi connectivity index (χ0v) is 7.89. The minimum absolute atomic E-state index is 0.196. The van der Waals surface area contributed by atoms with Crippen LogP contribution in [0.2, 0.25) is 0 Å². The second-order valence-electron chi connectivity index (χ2n) is 4.36. The Labute approximate surface area is 69.1 Å². The molecule has 0 radical (unpaired) electrons. The van der Waals surface area contributed by atoms with E-state index in [1.54, 1.807) is 0 Å². The normalized spacial score (nSPS) is 36.6. The van der Waals surface area contributed by atoms with E-state index >= 15 is 0 Å². The van der Waals surface area contributed by atoms with Crippen molar-refractivity contribution in [3.05, 3.63) is 11.6 Å². The van der Waals surface area contributed by atoms with Crippen LogP contribution in [-0.2, 0) is 0 Å². The number of aliphatic hydroxyl groups excluding tert-OH is 1. The van der Waals surface area contributed by atoms with Gasteiger partial charge in [-0.05, 0) is 30.3 Å². The zero-order chi connectivity index (χ0) is 8.65. The number of aliphatic hydroxyl groups is 1. The molecule has 0 bridgehead atoms. The second kappa shape index (κ2) is 2.63. The molecular weight excluding hydrogens is 136 g/mol. The summed E-state index contributed by atoms with van der Waals surface area (Å²) in [4.78, 5) is 0. The first-order chi connectivity index (χ1) is 4.93. The third-order valence-corrected chi connectivity index (χ3v) is 2.97. The van der Waals surface area contributed by atoms with Gasteiger partial charge in [-0.25, -0.2) is 0 Å². The summed E-state index contributed by atoms with van der Waals surface area (Å²) in [6.45, 7) is 8.67. The molecule has 1 rings (SSSR count). The van der Waals surface area contributed by atoms with E-state index in [2.05, 4.69) is 26.8 Å². The van der Waals surface area contributed by atoms with Gasteiger partial charge in [0.2, 0.25) is 0 Å². The maximum absolute atomic E-state index is 9.51. The molecule has 0 aromatic heterocycles. The highest BCUT2D eigenvalue weighted by atomic mass is 16.3. The first-order valence-corrected chi connectivity index (χ1v) is 4.31. The van der Waals surface area contributed by atoms with E-state index in [0.29, 0.717) is 5.92 Å². The molecule has 0 aliphatic heterocycles. The van der Waals surface area contributed by atoms with Crippen molar-refractivity contribution in [1.29, 1.82) is 0 Å². The van der Waals surface area contributed by atoms with Gasteiger partial charge in [0, 0.05) is 0 Å². The van der Waals surface area contributed by atoms with Gasteiger partial charge < -0.3 is 5.11 Å². The van der Waals surface area contributed by atoms with Crippen LogP contribution in [0, 0.1) is 11.3 Å². The Morgan fingerprint density at radius 1 is 1.55 bits per heavy atom. The van der Waals surface area contributed by atoms with Crippen LogP contribution in [0.25, 0.3) is 0 Å². The summed E-state index contributed by atoms with van der Waals surface area (Å²) in [5.74, 6) is 0.584. The van der Waals surface area contributed by atoms with Gasteiger partial charge in [-0.15, -0.1) is 0 Å². The molecule has 0 saturated heterocycles. The van der Waals surface area contributed by atoms with E-state index in [1.807, 2.05) is 6.92 Å². The summed E-state index contributed by atoms with van der Waals surface area (Å²) in [5, 5.41) is 9.51. The third kappa shape index (κ3) is 1.64. The summed E-state index contributed by atoms with van der Waals surface area (Å²) in [6, 6.07) is 0. The van der Waals surface area contributed by atoms with Crippen molar-refractivity contribution in [2.24, 2.45) is 11.3 Å². The molecule has 1 aliphatic carbocycles. The van der Waals surface area contributed by atoms with Crippen LogP contribution >= 0.6 is 0 Å². The summed E-state index contributed by atoms with van der Waals surface area (Å²) in [7, 11) is 0. The number of rotatable bonds is 0. The van der Waals surface area contributed by atoms with Gasteiger partial charge in [-0.2, -0.15) is 0 Å². The van der Waals surface area contributed by atoms with Crippen molar-refractivity contribution < 1.29 is 5.11 Å². The van der Waals surface area contributed by atoms with Crippen molar-refractivity contribution in [2.75, 3.05) is 0 Å². The van der Waals surface area contributed by atoms with Gasteiger partial charge in [0.15, 0.2) is 0 Å². The molecule has 1 aliphatic rings. The molecule has 0 saturated carbocycles. The second-order valence-corrected chi connectivity index (χ2v) is 4.36. The highest BCUT2D eigenvalue weighted by molar-refractivity contribution is 5.15. The highest BCUT2D eigenvalue weighted by Gasteiger charge is 2.30.